The fraction of sp³-hybridized carbons (Fsp3) is 0.333. The van der Waals surface area contributed by atoms with E-state index in [2.05, 4.69) is 27.4 Å². The van der Waals surface area contributed by atoms with E-state index in [0.29, 0.717) is 18.1 Å². The van der Waals surface area contributed by atoms with Gasteiger partial charge in [-0.15, -0.1) is 10.2 Å². The molecule has 3 aromatic heterocycles. The maximum atomic E-state index is 12.7. The van der Waals surface area contributed by atoms with Gasteiger partial charge in [-0.25, -0.2) is 4.98 Å². The number of rotatable bonds is 7. The van der Waals surface area contributed by atoms with E-state index in [-0.39, 0.29) is 11.9 Å². The summed E-state index contributed by atoms with van der Waals surface area (Å²) in [5, 5.41) is 11.5. The van der Waals surface area contributed by atoms with Crippen molar-refractivity contribution in [2.45, 2.75) is 32.7 Å². The maximum absolute atomic E-state index is 12.7. The molecule has 3 rings (SSSR count). The number of nitrogens with zero attached hydrogens (tertiary/aromatic N) is 4. The molecule has 0 saturated heterocycles. The fourth-order valence-electron chi connectivity index (χ4n) is 2.67. The number of hydrogen-bond acceptors (Lipinski definition) is 5. The summed E-state index contributed by atoms with van der Waals surface area (Å²) in [4.78, 5) is 16.8. The van der Waals surface area contributed by atoms with Gasteiger partial charge in [0.05, 0.1) is 12.6 Å². The molecular weight excluding hydrogens is 318 g/mol. The quantitative estimate of drug-likeness (QED) is 0.716. The van der Waals surface area contributed by atoms with Crippen molar-refractivity contribution >= 4 is 11.6 Å². The molecule has 0 unspecified atom stereocenters. The molecule has 3 heterocycles. The second kappa shape index (κ2) is 7.74. The average molecular weight is 339 g/mol. The molecule has 25 heavy (non-hydrogen) atoms. The molecule has 130 valence electrons. The molecule has 0 aliphatic heterocycles. The van der Waals surface area contributed by atoms with Crippen molar-refractivity contribution in [3.8, 4) is 5.88 Å². The van der Waals surface area contributed by atoms with Crippen molar-refractivity contribution in [3.63, 3.8) is 0 Å². The van der Waals surface area contributed by atoms with Gasteiger partial charge in [-0.3, -0.25) is 9.20 Å². The van der Waals surface area contributed by atoms with Crippen LogP contribution < -0.4 is 10.1 Å². The molecule has 7 heteroatoms. The molecule has 0 aliphatic rings. The molecule has 0 spiro atoms. The van der Waals surface area contributed by atoms with Gasteiger partial charge in [0.1, 0.15) is 0 Å². The molecule has 0 radical (unpaired) electrons. The summed E-state index contributed by atoms with van der Waals surface area (Å²) < 4.78 is 7.26. The van der Waals surface area contributed by atoms with Gasteiger partial charge >= 0.3 is 0 Å². The summed E-state index contributed by atoms with van der Waals surface area (Å²) in [7, 11) is 0. The van der Waals surface area contributed by atoms with Crippen LogP contribution in [0.15, 0.2) is 42.7 Å². The highest BCUT2D eigenvalue weighted by Crippen LogP contribution is 2.19. The predicted octanol–water partition coefficient (Wildman–Crippen LogP) is 2.79. The smallest absolute Gasteiger partial charge is 0.252 e. The van der Waals surface area contributed by atoms with Crippen LogP contribution in [0.25, 0.3) is 5.65 Å². The minimum atomic E-state index is -0.224. The first-order valence-electron chi connectivity index (χ1n) is 8.42. The van der Waals surface area contributed by atoms with E-state index in [9.17, 15) is 4.79 Å². The number of aromatic nitrogens is 4. The summed E-state index contributed by atoms with van der Waals surface area (Å²) in [6, 6.07) is 8.80. The highest BCUT2D eigenvalue weighted by atomic mass is 16.5. The lowest BCUT2D eigenvalue weighted by Gasteiger charge is -2.17. The van der Waals surface area contributed by atoms with Crippen LogP contribution >= 0.6 is 0 Å². The molecule has 1 atom stereocenters. The number of carbonyl (C=O) groups is 1. The van der Waals surface area contributed by atoms with Crippen molar-refractivity contribution < 1.29 is 9.53 Å². The Labute approximate surface area is 146 Å². The van der Waals surface area contributed by atoms with Gasteiger partial charge in [-0.1, -0.05) is 19.4 Å². The fourth-order valence-corrected chi connectivity index (χ4v) is 2.67. The second-order valence-corrected chi connectivity index (χ2v) is 5.62. The standard InChI is InChI=1S/C18H21N5O2/c1-3-7-14(17-22-21-15-8-5-6-11-23(15)17)20-18(24)13-9-10-19-16(12-13)25-4-2/h5-6,8-12,14H,3-4,7H2,1-2H3,(H,20,24)/t14-/m0/s1. The Morgan fingerprint density at radius 1 is 1.28 bits per heavy atom. The summed E-state index contributed by atoms with van der Waals surface area (Å²) in [5.41, 5.74) is 1.27. The van der Waals surface area contributed by atoms with E-state index in [0.717, 1.165) is 24.3 Å². The number of fused-ring (bicyclic) bond motifs is 1. The van der Waals surface area contributed by atoms with Gasteiger partial charge in [-0.05, 0) is 31.5 Å². The van der Waals surface area contributed by atoms with E-state index in [4.69, 9.17) is 4.74 Å². The lowest BCUT2D eigenvalue weighted by Crippen LogP contribution is -2.30. The molecule has 0 bridgehead atoms. The Morgan fingerprint density at radius 2 is 2.16 bits per heavy atom. The van der Waals surface area contributed by atoms with E-state index < -0.39 is 0 Å². The predicted molar refractivity (Wildman–Crippen MR) is 93.5 cm³/mol. The van der Waals surface area contributed by atoms with Crippen LogP contribution in [0.5, 0.6) is 5.88 Å². The van der Waals surface area contributed by atoms with Crippen LogP contribution in [0.4, 0.5) is 0 Å². The number of amides is 1. The van der Waals surface area contributed by atoms with Crippen LogP contribution in [-0.4, -0.2) is 32.1 Å². The number of nitrogens with one attached hydrogen (secondary N) is 1. The van der Waals surface area contributed by atoms with Crippen molar-refractivity contribution in [1.82, 2.24) is 24.9 Å². The summed E-state index contributed by atoms with van der Waals surface area (Å²) in [6.07, 6.45) is 5.15. The van der Waals surface area contributed by atoms with Gasteiger partial charge in [0.15, 0.2) is 11.5 Å². The molecule has 0 aromatic carbocycles. The number of hydrogen-bond donors (Lipinski definition) is 1. The Morgan fingerprint density at radius 3 is 2.96 bits per heavy atom. The first kappa shape index (κ1) is 16.9. The van der Waals surface area contributed by atoms with Crippen LogP contribution in [0.1, 0.15) is 48.9 Å². The van der Waals surface area contributed by atoms with Crippen LogP contribution in [0, 0.1) is 0 Å². The zero-order valence-electron chi connectivity index (χ0n) is 14.3. The first-order valence-corrected chi connectivity index (χ1v) is 8.42. The zero-order chi connectivity index (χ0) is 17.6. The maximum Gasteiger partial charge on any atom is 0.252 e. The van der Waals surface area contributed by atoms with Crippen LogP contribution in [0.3, 0.4) is 0 Å². The zero-order valence-corrected chi connectivity index (χ0v) is 14.3. The largest absolute Gasteiger partial charge is 0.478 e. The first-order chi connectivity index (χ1) is 12.2. The molecule has 0 saturated carbocycles. The molecular formula is C18H21N5O2. The molecule has 1 amide bonds. The average Bonchev–Trinajstić information content (AvgIpc) is 3.06. The van der Waals surface area contributed by atoms with Crippen molar-refractivity contribution in [1.29, 1.82) is 0 Å². The van der Waals surface area contributed by atoms with Gasteiger partial charge in [-0.2, -0.15) is 0 Å². The Balaban J connectivity index is 1.84. The van der Waals surface area contributed by atoms with Gasteiger partial charge < -0.3 is 10.1 Å². The summed E-state index contributed by atoms with van der Waals surface area (Å²) >= 11 is 0. The summed E-state index contributed by atoms with van der Waals surface area (Å²) in [5.74, 6) is 0.981. The van der Waals surface area contributed by atoms with Crippen molar-refractivity contribution in [2.24, 2.45) is 0 Å². The molecule has 0 fully saturated rings. The van der Waals surface area contributed by atoms with E-state index in [1.165, 1.54) is 0 Å². The van der Waals surface area contributed by atoms with Crippen molar-refractivity contribution in [2.75, 3.05) is 6.61 Å². The normalized spacial score (nSPS) is 12.1. The summed E-state index contributed by atoms with van der Waals surface area (Å²) in [6.45, 7) is 4.45. The topological polar surface area (TPSA) is 81.4 Å². The van der Waals surface area contributed by atoms with Crippen LogP contribution in [0.2, 0.25) is 0 Å². The minimum Gasteiger partial charge on any atom is -0.478 e. The van der Waals surface area contributed by atoms with E-state index >= 15 is 0 Å². The van der Waals surface area contributed by atoms with Gasteiger partial charge in [0.2, 0.25) is 5.88 Å². The van der Waals surface area contributed by atoms with Gasteiger partial charge in [0, 0.05) is 24.0 Å². The Hall–Kier alpha value is -2.96. The molecule has 7 nitrogen and oxygen atoms in total. The second-order valence-electron chi connectivity index (χ2n) is 5.62. The molecule has 3 aromatic rings. The lowest BCUT2D eigenvalue weighted by atomic mass is 10.1. The lowest BCUT2D eigenvalue weighted by molar-refractivity contribution is 0.0931. The highest BCUT2D eigenvalue weighted by molar-refractivity contribution is 5.94. The minimum absolute atomic E-state index is 0.186. The Bertz CT molecular complexity index is 861. The molecule has 0 aliphatic carbocycles. The third-order valence-corrected chi connectivity index (χ3v) is 3.82. The van der Waals surface area contributed by atoms with Gasteiger partial charge in [0.25, 0.3) is 5.91 Å². The third kappa shape index (κ3) is 3.76. The highest BCUT2D eigenvalue weighted by Gasteiger charge is 2.20. The number of carbonyl (C=O) groups excluding carboxylic acids is 1. The van der Waals surface area contributed by atoms with E-state index in [1.54, 1.807) is 18.3 Å². The SMILES string of the molecule is CCC[C@H](NC(=O)c1ccnc(OCC)c1)c1nnc2ccccn12. The third-order valence-electron chi connectivity index (χ3n) is 3.82. The monoisotopic (exact) mass is 339 g/mol. The molecule has 1 N–H and O–H groups in total. The van der Waals surface area contributed by atoms with Crippen molar-refractivity contribution in [3.05, 3.63) is 54.1 Å². The number of ether oxygens (including phenoxy) is 1. The van der Waals surface area contributed by atoms with E-state index in [1.807, 2.05) is 35.7 Å². The van der Waals surface area contributed by atoms with Crippen LogP contribution in [-0.2, 0) is 0 Å². The number of pyridine rings is 2. The Kier molecular flexibility index (Phi) is 5.23.